The van der Waals surface area contributed by atoms with Crippen LogP contribution in [0.1, 0.15) is 19.3 Å². The average molecular weight is 347 g/mol. The third kappa shape index (κ3) is 2.22. The molecule has 0 aliphatic carbocycles. The van der Waals surface area contributed by atoms with Crippen LogP contribution in [0, 0.1) is 0 Å². The SMILES string of the molecule is O=c1c2ccccc2oc2nc3ccn(N4CCCCC4)c(=O)c3cc12. The Labute approximate surface area is 148 Å². The molecule has 0 atom stereocenters. The van der Waals surface area contributed by atoms with Gasteiger partial charge in [0.15, 0.2) is 0 Å². The van der Waals surface area contributed by atoms with E-state index in [0.29, 0.717) is 27.3 Å². The molecule has 1 fully saturated rings. The van der Waals surface area contributed by atoms with Gasteiger partial charge < -0.3 is 9.43 Å². The van der Waals surface area contributed by atoms with Gasteiger partial charge in [-0.05, 0) is 43.5 Å². The quantitative estimate of drug-likeness (QED) is 0.495. The maximum Gasteiger partial charge on any atom is 0.278 e. The standard InChI is InChI=1S/C20H17N3O3/c24-18-13-6-2-3-7-17(13)26-19-15(18)12-14-16(21-19)8-11-23(20(14)25)22-9-4-1-5-10-22/h2-3,6-8,11-12H,1,4-5,9-10H2. The molecule has 1 aliphatic heterocycles. The first kappa shape index (κ1) is 15.1. The second-order valence-electron chi connectivity index (χ2n) is 6.68. The van der Waals surface area contributed by atoms with E-state index >= 15 is 0 Å². The Morgan fingerprint density at radius 2 is 1.73 bits per heavy atom. The van der Waals surface area contributed by atoms with E-state index in [1.807, 2.05) is 6.07 Å². The first-order valence-electron chi connectivity index (χ1n) is 8.85. The Balaban J connectivity index is 1.80. The van der Waals surface area contributed by atoms with Crippen molar-refractivity contribution in [2.75, 3.05) is 18.1 Å². The summed E-state index contributed by atoms with van der Waals surface area (Å²) >= 11 is 0. The minimum atomic E-state index is -0.163. The number of pyridine rings is 2. The molecule has 0 unspecified atom stereocenters. The van der Waals surface area contributed by atoms with Crippen LogP contribution in [0.15, 0.2) is 56.6 Å². The van der Waals surface area contributed by atoms with Crippen molar-refractivity contribution in [3.8, 4) is 0 Å². The topological polar surface area (TPSA) is 68.3 Å². The Kier molecular flexibility index (Phi) is 3.31. The lowest BCUT2D eigenvalue weighted by atomic mass is 10.1. The van der Waals surface area contributed by atoms with Gasteiger partial charge >= 0.3 is 0 Å². The van der Waals surface area contributed by atoms with Gasteiger partial charge in [-0.1, -0.05) is 12.1 Å². The van der Waals surface area contributed by atoms with Gasteiger partial charge in [0.2, 0.25) is 11.1 Å². The third-order valence-corrected chi connectivity index (χ3v) is 5.05. The van der Waals surface area contributed by atoms with Crippen molar-refractivity contribution >= 4 is 33.0 Å². The number of para-hydroxylation sites is 1. The summed E-state index contributed by atoms with van der Waals surface area (Å²) in [4.78, 5) is 30.2. The van der Waals surface area contributed by atoms with Crippen molar-refractivity contribution in [1.82, 2.24) is 9.66 Å². The van der Waals surface area contributed by atoms with Gasteiger partial charge in [-0.15, -0.1) is 0 Å². The van der Waals surface area contributed by atoms with Gasteiger partial charge in [-0.25, -0.2) is 9.66 Å². The molecule has 0 amide bonds. The third-order valence-electron chi connectivity index (χ3n) is 5.05. The van der Waals surface area contributed by atoms with Crippen LogP contribution in [0.2, 0.25) is 0 Å². The fourth-order valence-electron chi connectivity index (χ4n) is 3.69. The number of benzene rings is 1. The Morgan fingerprint density at radius 1 is 0.923 bits per heavy atom. The fraction of sp³-hybridized carbons (Fsp3) is 0.250. The van der Waals surface area contributed by atoms with E-state index in [1.54, 1.807) is 41.2 Å². The predicted octanol–water partition coefficient (Wildman–Crippen LogP) is 2.78. The van der Waals surface area contributed by atoms with E-state index < -0.39 is 0 Å². The maximum absolute atomic E-state index is 13.0. The van der Waals surface area contributed by atoms with Crippen LogP contribution in [-0.4, -0.2) is 22.7 Å². The Morgan fingerprint density at radius 3 is 2.58 bits per heavy atom. The molecule has 1 aliphatic rings. The zero-order valence-electron chi connectivity index (χ0n) is 14.1. The molecule has 130 valence electrons. The van der Waals surface area contributed by atoms with Gasteiger partial charge in [0.05, 0.1) is 21.7 Å². The smallest absolute Gasteiger partial charge is 0.278 e. The van der Waals surface area contributed by atoms with Crippen LogP contribution < -0.4 is 16.0 Å². The van der Waals surface area contributed by atoms with Crippen LogP contribution in [0.4, 0.5) is 0 Å². The normalized spacial score (nSPS) is 15.2. The van der Waals surface area contributed by atoms with E-state index in [9.17, 15) is 9.59 Å². The van der Waals surface area contributed by atoms with Gasteiger partial charge in [-0.3, -0.25) is 9.59 Å². The summed E-state index contributed by atoms with van der Waals surface area (Å²) in [5, 5.41) is 3.32. The number of hydrogen-bond donors (Lipinski definition) is 0. The number of hydrogen-bond acceptors (Lipinski definition) is 5. The number of aromatic nitrogens is 2. The summed E-state index contributed by atoms with van der Waals surface area (Å²) in [5.41, 5.74) is 0.986. The molecular formula is C20H17N3O3. The van der Waals surface area contributed by atoms with E-state index in [2.05, 4.69) is 9.99 Å². The summed E-state index contributed by atoms with van der Waals surface area (Å²) in [6, 6.07) is 10.5. The molecule has 6 nitrogen and oxygen atoms in total. The van der Waals surface area contributed by atoms with Gasteiger partial charge in [-0.2, -0.15) is 0 Å². The lowest BCUT2D eigenvalue weighted by Gasteiger charge is -2.30. The van der Waals surface area contributed by atoms with E-state index in [0.717, 1.165) is 25.9 Å². The second-order valence-corrected chi connectivity index (χ2v) is 6.68. The maximum atomic E-state index is 13.0. The van der Waals surface area contributed by atoms with Gasteiger partial charge in [0, 0.05) is 19.3 Å². The number of nitrogens with zero attached hydrogens (tertiary/aromatic N) is 3. The molecular weight excluding hydrogens is 330 g/mol. The first-order chi connectivity index (χ1) is 12.7. The summed E-state index contributed by atoms with van der Waals surface area (Å²) in [7, 11) is 0. The zero-order valence-corrected chi connectivity index (χ0v) is 14.1. The summed E-state index contributed by atoms with van der Waals surface area (Å²) in [6.45, 7) is 1.72. The van der Waals surface area contributed by atoms with Crippen molar-refractivity contribution in [2.45, 2.75) is 19.3 Å². The van der Waals surface area contributed by atoms with Crippen LogP contribution >= 0.6 is 0 Å². The van der Waals surface area contributed by atoms with E-state index in [-0.39, 0.29) is 16.7 Å². The van der Waals surface area contributed by atoms with E-state index in [1.165, 1.54) is 6.42 Å². The average Bonchev–Trinajstić information content (AvgIpc) is 2.68. The Hall–Kier alpha value is -3.15. The molecule has 5 rings (SSSR count). The molecule has 26 heavy (non-hydrogen) atoms. The lowest BCUT2D eigenvalue weighted by molar-refractivity contribution is 0.471. The van der Waals surface area contributed by atoms with Crippen LogP contribution in [0.5, 0.6) is 0 Å². The highest BCUT2D eigenvalue weighted by molar-refractivity contribution is 5.94. The largest absolute Gasteiger partial charge is 0.437 e. The second kappa shape index (κ2) is 5.69. The molecule has 6 heteroatoms. The molecule has 0 saturated carbocycles. The van der Waals surface area contributed by atoms with Gasteiger partial charge in [0.1, 0.15) is 5.58 Å². The fourth-order valence-corrected chi connectivity index (χ4v) is 3.69. The lowest BCUT2D eigenvalue weighted by Crippen LogP contribution is -2.45. The number of piperidine rings is 1. The van der Waals surface area contributed by atoms with Gasteiger partial charge in [0.25, 0.3) is 5.56 Å². The highest BCUT2D eigenvalue weighted by Gasteiger charge is 2.16. The molecule has 3 aromatic heterocycles. The molecule has 1 aromatic carbocycles. The number of rotatable bonds is 1. The van der Waals surface area contributed by atoms with Crippen LogP contribution in [0.3, 0.4) is 0 Å². The van der Waals surface area contributed by atoms with Crippen molar-refractivity contribution in [3.63, 3.8) is 0 Å². The summed E-state index contributed by atoms with van der Waals surface area (Å²) in [5.74, 6) is 0. The van der Waals surface area contributed by atoms with Crippen molar-refractivity contribution < 1.29 is 4.42 Å². The molecule has 4 aromatic rings. The zero-order chi connectivity index (χ0) is 17.7. The minimum absolute atomic E-state index is 0.147. The first-order valence-corrected chi connectivity index (χ1v) is 8.85. The molecule has 0 N–H and O–H groups in total. The summed E-state index contributed by atoms with van der Waals surface area (Å²) in [6.07, 6.45) is 5.11. The van der Waals surface area contributed by atoms with Crippen LogP contribution in [0.25, 0.3) is 33.0 Å². The molecule has 1 saturated heterocycles. The highest BCUT2D eigenvalue weighted by atomic mass is 16.3. The molecule has 0 spiro atoms. The molecule has 0 bridgehead atoms. The van der Waals surface area contributed by atoms with Crippen molar-refractivity contribution in [2.24, 2.45) is 0 Å². The minimum Gasteiger partial charge on any atom is -0.437 e. The highest BCUT2D eigenvalue weighted by Crippen LogP contribution is 2.20. The Bertz CT molecular complexity index is 1270. The van der Waals surface area contributed by atoms with Crippen molar-refractivity contribution in [3.05, 3.63) is 63.2 Å². The summed E-state index contributed by atoms with van der Waals surface area (Å²) < 4.78 is 7.44. The predicted molar refractivity (Wildman–Crippen MR) is 101 cm³/mol. The van der Waals surface area contributed by atoms with E-state index in [4.69, 9.17) is 4.42 Å². The molecule has 0 radical (unpaired) electrons. The van der Waals surface area contributed by atoms with Crippen LogP contribution in [-0.2, 0) is 0 Å². The van der Waals surface area contributed by atoms with Crippen molar-refractivity contribution in [1.29, 1.82) is 0 Å². The number of fused-ring (bicyclic) bond motifs is 3. The molecule has 4 heterocycles. The monoisotopic (exact) mass is 347 g/mol.